The highest BCUT2D eigenvalue weighted by molar-refractivity contribution is 7.07. The Hall–Kier alpha value is -3.98. The molecule has 8 nitrogen and oxygen atoms in total. The van der Waals surface area contributed by atoms with Crippen molar-refractivity contribution in [1.29, 1.82) is 0 Å². The minimum atomic E-state index is -0.760. The van der Waals surface area contributed by atoms with E-state index in [0.29, 0.717) is 32.1 Å². The molecule has 9 heteroatoms. The van der Waals surface area contributed by atoms with Crippen LogP contribution in [0, 0.1) is 0 Å². The number of hydrogen-bond donors (Lipinski definition) is 0. The first kappa shape index (κ1) is 23.2. The molecule has 2 aromatic heterocycles. The number of hydrogen-bond acceptors (Lipinski definition) is 8. The van der Waals surface area contributed by atoms with Gasteiger partial charge in [0.25, 0.3) is 5.56 Å². The largest absolute Gasteiger partial charge is 0.493 e. The van der Waals surface area contributed by atoms with Gasteiger partial charge in [-0.15, -0.1) is 0 Å². The first-order chi connectivity index (χ1) is 16.5. The van der Waals surface area contributed by atoms with Crippen LogP contribution >= 0.6 is 11.3 Å². The second-order valence-corrected chi connectivity index (χ2v) is 8.38. The van der Waals surface area contributed by atoms with Gasteiger partial charge in [0.15, 0.2) is 16.3 Å². The third kappa shape index (κ3) is 4.29. The van der Waals surface area contributed by atoms with Crippen LogP contribution in [0.15, 0.2) is 76.4 Å². The van der Waals surface area contributed by atoms with E-state index in [1.165, 1.54) is 29.1 Å². The molecule has 174 valence electrons. The maximum Gasteiger partial charge on any atom is 0.338 e. The summed E-state index contributed by atoms with van der Waals surface area (Å²) < 4.78 is 18.2. The van der Waals surface area contributed by atoms with Crippen LogP contribution in [0.4, 0.5) is 0 Å². The highest BCUT2D eigenvalue weighted by Gasteiger charge is 2.34. The molecule has 3 heterocycles. The summed E-state index contributed by atoms with van der Waals surface area (Å²) >= 11 is 1.25. The maximum atomic E-state index is 13.6. The third-order valence-electron chi connectivity index (χ3n) is 5.28. The lowest BCUT2D eigenvalue weighted by molar-refractivity contribution is -0.138. The van der Waals surface area contributed by atoms with E-state index in [1.54, 1.807) is 56.8 Å². The van der Waals surface area contributed by atoms with Crippen LogP contribution in [0.25, 0.3) is 6.08 Å². The van der Waals surface area contributed by atoms with E-state index in [4.69, 9.17) is 14.2 Å². The predicted molar refractivity (Wildman–Crippen MR) is 129 cm³/mol. The van der Waals surface area contributed by atoms with Gasteiger partial charge < -0.3 is 14.2 Å². The Bertz CT molecular complexity index is 1450. The smallest absolute Gasteiger partial charge is 0.338 e. The van der Waals surface area contributed by atoms with Crippen LogP contribution in [0.1, 0.15) is 24.1 Å². The van der Waals surface area contributed by atoms with Gasteiger partial charge in [-0.25, -0.2) is 9.79 Å². The minimum absolute atomic E-state index is 0.0414. The molecule has 1 aliphatic rings. The zero-order valence-corrected chi connectivity index (χ0v) is 19.8. The highest BCUT2D eigenvalue weighted by atomic mass is 32.1. The molecule has 1 aliphatic heterocycles. The number of nitrogens with zero attached hydrogens (tertiary/aromatic N) is 3. The molecule has 3 aromatic rings. The Kier molecular flexibility index (Phi) is 6.74. The van der Waals surface area contributed by atoms with Crippen molar-refractivity contribution in [2.75, 3.05) is 20.8 Å². The quantitative estimate of drug-likeness (QED) is 0.383. The molecule has 0 fully saturated rings. The van der Waals surface area contributed by atoms with Gasteiger partial charge in [0.05, 0.1) is 36.1 Å². The number of allylic oxidation sites excluding steroid dienone is 1. The van der Waals surface area contributed by atoms with Crippen LogP contribution < -0.4 is 24.4 Å². The molecule has 0 amide bonds. The van der Waals surface area contributed by atoms with Gasteiger partial charge in [-0.1, -0.05) is 36.1 Å². The zero-order chi connectivity index (χ0) is 24.2. The lowest BCUT2D eigenvalue weighted by Gasteiger charge is -2.25. The number of esters is 1. The van der Waals surface area contributed by atoms with Crippen molar-refractivity contribution in [3.05, 3.63) is 97.5 Å². The fourth-order valence-electron chi connectivity index (χ4n) is 3.75. The van der Waals surface area contributed by atoms with Crippen molar-refractivity contribution in [2.24, 2.45) is 4.99 Å². The lowest BCUT2D eigenvalue weighted by atomic mass is 9.95. The summed E-state index contributed by atoms with van der Waals surface area (Å²) in [6, 6.07) is 8.18. The molecule has 0 aliphatic carbocycles. The molecular formula is C25H23N3O5S. The van der Waals surface area contributed by atoms with Crippen molar-refractivity contribution in [3.8, 4) is 11.5 Å². The van der Waals surface area contributed by atoms with Crippen LogP contribution in [0.2, 0.25) is 0 Å². The first-order valence-electron chi connectivity index (χ1n) is 10.4. The Morgan fingerprint density at radius 2 is 2.03 bits per heavy atom. The first-order valence-corrected chi connectivity index (χ1v) is 11.2. The number of benzene rings is 1. The topological polar surface area (TPSA) is 92.0 Å². The van der Waals surface area contributed by atoms with E-state index in [0.717, 1.165) is 5.56 Å². The van der Waals surface area contributed by atoms with Gasteiger partial charge in [0.1, 0.15) is 6.61 Å². The SMILES string of the molecule is C=CCOC(=O)C1=C(C)N=c2sc(=Cc3cccnc3)c(=O)n2[C@@H]1c1ccc(OC)c(OC)c1. The number of carbonyl (C=O) groups is 1. The molecule has 1 aromatic carbocycles. The van der Waals surface area contributed by atoms with E-state index >= 15 is 0 Å². The van der Waals surface area contributed by atoms with Crippen molar-refractivity contribution in [2.45, 2.75) is 13.0 Å². The molecule has 0 spiro atoms. The van der Waals surface area contributed by atoms with Gasteiger partial charge in [-0.3, -0.25) is 14.3 Å². The lowest BCUT2D eigenvalue weighted by Crippen LogP contribution is -2.40. The Morgan fingerprint density at radius 3 is 2.71 bits per heavy atom. The molecule has 0 unspecified atom stereocenters. The number of carbonyl (C=O) groups excluding carboxylic acids is 1. The van der Waals surface area contributed by atoms with Crippen LogP contribution in [-0.4, -0.2) is 36.3 Å². The minimum Gasteiger partial charge on any atom is -0.493 e. The van der Waals surface area contributed by atoms with Crippen molar-refractivity contribution >= 4 is 23.4 Å². The van der Waals surface area contributed by atoms with Gasteiger partial charge in [0, 0.05) is 12.4 Å². The van der Waals surface area contributed by atoms with E-state index in [1.807, 2.05) is 6.07 Å². The maximum absolute atomic E-state index is 13.6. The summed E-state index contributed by atoms with van der Waals surface area (Å²) in [5.41, 5.74) is 1.93. The number of rotatable bonds is 7. The third-order valence-corrected chi connectivity index (χ3v) is 6.26. The number of ether oxygens (including phenoxy) is 3. The average Bonchev–Trinajstić information content (AvgIpc) is 3.16. The van der Waals surface area contributed by atoms with Crippen molar-refractivity contribution in [3.63, 3.8) is 0 Å². The molecular weight excluding hydrogens is 454 g/mol. The van der Waals surface area contributed by atoms with E-state index in [-0.39, 0.29) is 17.7 Å². The summed E-state index contributed by atoms with van der Waals surface area (Å²) in [5, 5.41) is 0. The molecule has 4 rings (SSSR count). The molecule has 0 N–H and O–H groups in total. The average molecular weight is 478 g/mol. The highest BCUT2D eigenvalue weighted by Crippen LogP contribution is 2.36. The fourth-order valence-corrected chi connectivity index (χ4v) is 4.79. The van der Waals surface area contributed by atoms with Crippen molar-refractivity contribution in [1.82, 2.24) is 9.55 Å². The number of aromatic nitrogens is 2. The summed E-state index contributed by atoms with van der Waals surface area (Å²) in [6.45, 7) is 5.37. The Labute approximate surface area is 199 Å². The van der Waals surface area contributed by atoms with E-state index in [2.05, 4.69) is 16.6 Å². The summed E-state index contributed by atoms with van der Waals surface area (Å²) in [5.74, 6) is 0.445. The number of methoxy groups -OCH3 is 2. The monoisotopic (exact) mass is 477 g/mol. The van der Waals surface area contributed by atoms with Crippen LogP contribution in [-0.2, 0) is 9.53 Å². The summed E-state index contributed by atoms with van der Waals surface area (Å²) in [6.07, 6.45) is 6.59. The van der Waals surface area contributed by atoms with Gasteiger partial charge in [-0.2, -0.15) is 0 Å². The molecule has 0 bridgehead atoms. The fraction of sp³-hybridized carbons (Fsp3) is 0.200. The van der Waals surface area contributed by atoms with Gasteiger partial charge in [-0.05, 0) is 42.3 Å². The molecule has 34 heavy (non-hydrogen) atoms. The van der Waals surface area contributed by atoms with Gasteiger partial charge in [0.2, 0.25) is 0 Å². The molecule has 0 radical (unpaired) electrons. The normalized spacial score (nSPS) is 15.4. The zero-order valence-electron chi connectivity index (χ0n) is 19.0. The molecule has 0 saturated heterocycles. The van der Waals surface area contributed by atoms with Crippen LogP contribution in [0.5, 0.6) is 11.5 Å². The Morgan fingerprint density at radius 1 is 1.24 bits per heavy atom. The number of fused-ring (bicyclic) bond motifs is 1. The summed E-state index contributed by atoms with van der Waals surface area (Å²) in [4.78, 5) is 35.8. The van der Waals surface area contributed by atoms with Gasteiger partial charge >= 0.3 is 5.97 Å². The predicted octanol–water partition coefficient (Wildman–Crippen LogP) is 2.38. The molecule has 1 atom stereocenters. The van der Waals surface area contributed by atoms with Crippen molar-refractivity contribution < 1.29 is 19.0 Å². The number of pyridine rings is 1. The van der Waals surface area contributed by atoms with E-state index in [9.17, 15) is 9.59 Å². The second-order valence-electron chi connectivity index (χ2n) is 7.37. The van der Waals surface area contributed by atoms with Crippen LogP contribution in [0.3, 0.4) is 0 Å². The summed E-state index contributed by atoms with van der Waals surface area (Å²) in [7, 11) is 3.07. The number of thiazole rings is 1. The Balaban J connectivity index is 1.96. The molecule has 0 saturated carbocycles. The standard InChI is InChI=1S/C25H23N3O5S/c1-5-11-33-24(30)21-15(2)27-25-28(22(21)17-8-9-18(31-3)19(13-17)32-4)23(29)20(34-25)12-16-7-6-10-26-14-16/h5-10,12-14,22H,1,11H2,2-4H3/t22-/m1/s1. The van der Waals surface area contributed by atoms with E-state index < -0.39 is 12.0 Å². The second kappa shape index (κ2) is 9.88.